The lowest BCUT2D eigenvalue weighted by Gasteiger charge is -2.09. The molecule has 0 aliphatic heterocycles. The average molecular weight is 222 g/mol. The van der Waals surface area contributed by atoms with Crippen molar-refractivity contribution in [3.63, 3.8) is 0 Å². The van der Waals surface area contributed by atoms with Crippen LogP contribution in [0, 0.1) is 5.92 Å². The molecule has 1 fully saturated rings. The van der Waals surface area contributed by atoms with Gasteiger partial charge in [-0.15, -0.1) is 0 Å². The molecule has 4 N–H and O–H groups in total. The van der Waals surface area contributed by atoms with Gasteiger partial charge in [0, 0.05) is 6.54 Å². The Morgan fingerprint density at radius 1 is 1.56 bits per heavy atom. The van der Waals surface area contributed by atoms with Crippen LogP contribution >= 0.6 is 0 Å². The largest absolute Gasteiger partial charge is 0.383 e. The topological polar surface area (TPSA) is 83.8 Å². The molecule has 1 aliphatic rings. The quantitative estimate of drug-likeness (QED) is 0.718. The Bertz CT molecular complexity index is 355. The summed E-state index contributed by atoms with van der Waals surface area (Å²) in [7, 11) is 0. The molecule has 1 heterocycles. The molecule has 0 spiro atoms. The number of nitrogens with two attached hydrogens (primary N) is 1. The summed E-state index contributed by atoms with van der Waals surface area (Å²) < 4.78 is 0. The number of H-pyrrole nitrogens is 1. The van der Waals surface area contributed by atoms with Crippen molar-refractivity contribution >= 4 is 11.7 Å². The summed E-state index contributed by atoms with van der Waals surface area (Å²) in [6.07, 6.45) is 7.83. The van der Waals surface area contributed by atoms with E-state index in [9.17, 15) is 4.79 Å². The Morgan fingerprint density at radius 2 is 2.31 bits per heavy atom. The van der Waals surface area contributed by atoms with E-state index in [0.29, 0.717) is 11.4 Å². The van der Waals surface area contributed by atoms with E-state index in [0.717, 1.165) is 18.9 Å². The van der Waals surface area contributed by atoms with Crippen molar-refractivity contribution in [2.45, 2.75) is 32.1 Å². The minimum Gasteiger partial charge on any atom is -0.383 e. The van der Waals surface area contributed by atoms with Crippen LogP contribution < -0.4 is 11.1 Å². The van der Waals surface area contributed by atoms with E-state index >= 15 is 0 Å². The van der Waals surface area contributed by atoms with E-state index in [4.69, 9.17) is 5.73 Å². The molecule has 16 heavy (non-hydrogen) atoms. The molecule has 2 rings (SSSR count). The van der Waals surface area contributed by atoms with Gasteiger partial charge in [-0.3, -0.25) is 9.89 Å². The number of amides is 1. The molecule has 0 unspecified atom stereocenters. The molecular weight excluding hydrogens is 204 g/mol. The summed E-state index contributed by atoms with van der Waals surface area (Å²) in [5, 5.41) is 9.14. The highest BCUT2D eigenvalue weighted by atomic mass is 16.1. The molecule has 1 amide bonds. The zero-order valence-electron chi connectivity index (χ0n) is 9.33. The summed E-state index contributed by atoms with van der Waals surface area (Å²) in [5.41, 5.74) is 5.99. The summed E-state index contributed by atoms with van der Waals surface area (Å²) in [5.74, 6) is 0.990. The molecular formula is C11H18N4O. The standard InChI is InChI=1S/C11H18N4O/c12-10-9(7-14-15-10)11(16)13-6-5-8-3-1-2-4-8/h7-8H,1-6H2,(H,13,16)(H3,12,14,15). The predicted molar refractivity (Wildman–Crippen MR) is 61.9 cm³/mol. The van der Waals surface area contributed by atoms with Crippen molar-refractivity contribution in [2.75, 3.05) is 12.3 Å². The Labute approximate surface area is 94.8 Å². The monoisotopic (exact) mass is 222 g/mol. The van der Waals surface area contributed by atoms with Crippen molar-refractivity contribution in [3.05, 3.63) is 11.8 Å². The van der Waals surface area contributed by atoms with Crippen LogP contribution in [-0.4, -0.2) is 22.6 Å². The molecule has 5 heteroatoms. The van der Waals surface area contributed by atoms with E-state index in [1.807, 2.05) is 0 Å². The Hall–Kier alpha value is -1.52. The smallest absolute Gasteiger partial charge is 0.256 e. The number of nitrogens with one attached hydrogen (secondary N) is 2. The molecule has 1 saturated carbocycles. The Balaban J connectivity index is 1.73. The van der Waals surface area contributed by atoms with Gasteiger partial charge in [0.05, 0.1) is 6.20 Å². The van der Waals surface area contributed by atoms with Gasteiger partial charge in [-0.05, 0) is 12.3 Å². The number of aromatic amines is 1. The fraction of sp³-hybridized carbons (Fsp3) is 0.636. The first kappa shape index (κ1) is 11.0. The van der Waals surface area contributed by atoms with Crippen LogP contribution in [0.1, 0.15) is 42.5 Å². The van der Waals surface area contributed by atoms with Gasteiger partial charge >= 0.3 is 0 Å². The first-order chi connectivity index (χ1) is 7.77. The van der Waals surface area contributed by atoms with Crippen LogP contribution in [0.2, 0.25) is 0 Å². The highest BCUT2D eigenvalue weighted by molar-refractivity contribution is 5.97. The summed E-state index contributed by atoms with van der Waals surface area (Å²) >= 11 is 0. The predicted octanol–water partition coefficient (Wildman–Crippen LogP) is 1.30. The fourth-order valence-electron chi connectivity index (χ4n) is 2.26. The SMILES string of the molecule is Nc1[nH]ncc1C(=O)NCCC1CCCC1. The molecule has 5 nitrogen and oxygen atoms in total. The second-order valence-corrected chi connectivity index (χ2v) is 4.39. The van der Waals surface area contributed by atoms with Gasteiger partial charge in [-0.2, -0.15) is 5.10 Å². The third kappa shape index (κ3) is 2.53. The highest BCUT2D eigenvalue weighted by Gasteiger charge is 2.16. The number of carbonyl (C=O) groups is 1. The van der Waals surface area contributed by atoms with Crippen molar-refractivity contribution < 1.29 is 4.79 Å². The lowest BCUT2D eigenvalue weighted by Crippen LogP contribution is -2.26. The summed E-state index contributed by atoms with van der Waals surface area (Å²) in [6, 6.07) is 0. The zero-order chi connectivity index (χ0) is 11.4. The van der Waals surface area contributed by atoms with Gasteiger partial charge in [0.25, 0.3) is 5.91 Å². The second-order valence-electron chi connectivity index (χ2n) is 4.39. The zero-order valence-corrected chi connectivity index (χ0v) is 9.33. The van der Waals surface area contributed by atoms with Crippen LogP contribution in [0.5, 0.6) is 0 Å². The minimum absolute atomic E-state index is 0.135. The normalized spacial score (nSPS) is 16.5. The third-order valence-electron chi connectivity index (χ3n) is 3.23. The van der Waals surface area contributed by atoms with Gasteiger partial charge in [0.2, 0.25) is 0 Å². The van der Waals surface area contributed by atoms with Gasteiger partial charge in [0.1, 0.15) is 11.4 Å². The van der Waals surface area contributed by atoms with Gasteiger partial charge in [0.15, 0.2) is 0 Å². The first-order valence-corrected chi connectivity index (χ1v) is 5.84. The second kappa shape index (κ2) is 5.01. The maximum atomic E-state index is 11.6. The number of nitrogens with zero attached hydrogens (tertiary/aromatic N) is 1. The van der Waals surface area contributed by atoms with Gasteiger partial charge in [-0.25, -0.2) is 0 Å². The van der Waals surface area contributed by atoms with Crippen molar-refractivity contribution in [2.24, 2.45) is 5.92 Å². The number of hydrogen-bond donors (Lipinski definition) is 3. The summed E-state index contributed by atoms with van der Waals surface area (Å²) in [4.78, 5) is 11.6. The van der Waals surface area contributed by atoms with E-state index in [1.54, 1.807) is 0 Å². The van der Waals surface area contributed by atoms with Crippen LogP contribution in [0.4, 0.5) is 5.82 Å². The number of anilines is 1. The molecule has 1 aromatic rings. The Morgan fingerprint density at radius 3 is 2.94 bits per heavy atom. The van der Waals surface area contributed by atoms with Gasteiger partial charge in [-0.1, -0.05) is 25.7 Å². The third-order valence-corrected chi connectivity index (χ3v) is 3.23. The summed E-state index contributed by atoms with van der Waals surface area (Å²) in [6.45, 7) is 0.730. The fourth-order valence-corrected chi connectivity index (χ4v) is 2.26. The number of hydrogen-bond acceptors (Lipinski definition) is 3. The van der Waals surface area contributed by atoms with E-state index in [-0.39, 0.29) is 5.91 Å². The minimum atomic E-state index is -0.135. The van der Waals surface area contributed by atoms with E-state index in [2.05, 4.69) is 15.5 Å². The molecule has 0 radical (unpaired) electrons. The lowest BCUT2D eigenvalue weighted by atomic mass is 10.0. The number of nitrogen functional groups attached to an aromatic ring is 1. The molecule has 88 valence electrons. The highest BCUT2D eigenvalue weighted by Crippen LogP contribution is 2.26. The van der Waals surface area contributed by atoms with Crippen LogP contribution in [0.15, 0.2) is 6.20 Å². The molecule has 0 aromatic carbocycles. The van der Waals surface area contributed by atoms with Crippen LogP contribution in [0.3, 0.4) is 0 Å². The number of carbonyl (C=O) groups excluding carboxylic acids is 1. The Kier molecular flexibility index (Phi) is 3.44. The van der Waals surface area contributed by atoms with Crippen molar-refractivity contribution in [1.29, 1.82) is 0 Å². The lowest BCUT2D eigenvalue weighted by molar-refractivity contribution is 0.0952. The van der Waals surface area contributed by atoms with Crippen LogP contribution in [-0.2, 0) is 0 Å². The molecule has 1 aliphatic carbocycles. The van der Waals surface area contributed by atoms with Crippen LogP contribution in [0.25, 0.3) is 0 Å². The van der Waals surface area contributed by atoms with Gasteiger partial charge < -0.3 is 11.1 Å². The maximum Gasteiger partial charge on any atom is 0.256 e. The van der Waals surface area contributed by atoms with Crippen molar-refractivity contribution in [3.8, 4) is 0 Å². The molecule has 1 aromatic heterocycles. The van der Waals surface area contributed by atoms with E-state index < -0.39 is 0 Å². The molecule has 0 bridgehead atoms. The number of rotatable bonds is 4. The first-order valence-electron chi connectivity index (χ1n) is 5.84. The van der Waals surface area contributed by atoms with E-state index in [1.165, 1.54) is 31.9 Å². The average Bonchev–Trinajstić information content (AvgIpc) is 2.88. The maximum absolute atomic E-state index is 11.6. The number of aromatic nitrogens is 2. The molecule has 0 saturated heterocycles. The van der Waals surface area contributed by atoms with Crippen molar-refractivity contribution in [1.82, 2.24) is 15.5 Å². The molecule has 0 atom stereocenters.